The predicted molar refractivity (Wildman–Crippen MR) is 123 cm³/mol. The third-order valence-corrected chi connectivity index (χ3v) is 7.33. The number of carbonyl (C=O) groups excluding carboxylic acids is 3. The second-order valence-corrected chi connectivity index (χ2v) is 10.8. The van der Waals surface area contributed by atoms with Gasteiger partial charge in [0.15, 0.2) is 16.4 Å². The molecule has 1 atom stereocenters. The van der Waals surface area contributed by atoms with Crippen molar-refractivity contribution in [2.24, 2.45) is 0 Å². The summed E-state index contributed by atoms with van der Waals surface area (Å²) in [5.41, 5.74) is 2.31. The standard InChI is InChI=1S/C22H24N2O6S2/c1-14(2)10-18(25)24-21-20(17(12-31-21)15-6-4-3-5-7-15)22(27)30-11-19(26)23-16-8-9-32(28,29)13-16/h3-7,10,12,16H,8-9,11,13H2,1-2H3,(H,23,26)(H,24,25). The van der Waals surface area contributed by atoms with Crippen LogP contribution in [0.2, 0.25) is 0 Å². The number of anilines is 1. The lowest BCUT2D eigenvalue weighted by Gasteiger charge is -2.12. The monoisotopic (exact) mass is 476 g/mol. The van der Waals surface area contributed by atoms with Gasteiger partial charge in [0.2, 0.25) is 5.91 Å². The maximum Gasteiger partial charge on any atom is 0.342 e. The molecule has 2 heterocycles. The van der Waals surface area contributed by atoms with E-state index in [0.29, 0.717) is 17.0 Å². The smallest absolute Gasteiger partial charge is 0.342 e. The molecular formula is C22H24N2O6S2. The number of ether oxygens (including phenoxy) is 1. The van der Waals surface area contributed by atoms with Crippen molar-refractivity contribution in [3.63, 3.8) is 0 Å². The quantitative estimate of drug-likeness (QED) is 0.469. The molecule has 1 aromatic heterocycles. The number of hydrogen-bond acceptors (Lipinski definition) is 7. The van der Waals surface area contributed by atoms with Crippen molar-refractivity contribution in [2.75, 3.05) is 23.4 Å². The van der Waals surface area contributed by atoms with Crippen molar-refractivity contribution in [2.45, 2.75) is 26.3 Å². The Labute approximate surface area is 190 Å². The Morgan fingerprint density at radius 2 is 1.91 bits per heavy atom. The van der Waals surface area contributed by atoms with Crippen LogP contribution in [0.5, 0.6) is 0 Å². The van der Waals surface area contributed by atoms with Crippen LogP contribution in [-0.2, 0) is 24.2 Å². The van der Waals surface area contributed by atoms with E-state index in [-0.39, 0.29) is 23.0 Å². The molecule has 10 heteroatoms. The van der Waals surface area contributed by atoms with Gasteiger partial charge in [-0.25, -0.2) is 13.2 Å². The minimum absolute atomic E-state index is 0.0296. The Bertz CT molecular complexity index is 1150. The summed E-state index contributed by atoms with van der Waals surface area (Å²) < 4.78 is 28.3. The molecule has 2 amide bonds. The molecule has 1 aliphatic heterocycles. The maximum atomic E-state index is 12.9. The zero-order valence-electron chi connectivity index (χ0n) is 17.7. The highest BCUT2D eigenvalue weighted by atomic mass is 32.2. The summed E-state index contributed by atoms with van der Waals surface area (Å²) in [5, 5.41) is 7.34. The van der Waals surface area contributed by atoms with Crippen molar-refractivity contribution in [3.05, 3.63) is 52.9 Å². The molecule has 0 saturated carbocycles. The molecule has 3 rings (SSSR count). The minimum atomic E-state index is -3.14. The summed E-state index contributed by atoms with van der Waals surface area (Å²) in [6.07, 6.45) is 1.76. The molecule has 0 spiro atoms. The number of sulfone groups is 1. The first-order valence-corrected chi connectivity index (χ1v) is 12.6. The van der Waals surface area contributed by atoms with Crippen molar-refractivity contribution in [3.8, 4) is 11.1 Å². The van der Waals surface area contributed by atoms with Gasteiger partial charge >= 0.3 is 5.97 Å². The van der Waals surface area contributed by atoms with Gasteiger partial charge in [0, 0.05) is 23.1 Å². The number of esters is 1. The molecule has 170 valence electrons. The van der Waals surface area contributed by atoms with Gasteiger partial charge in [-0.2, -0.15) is 0 Å². The molecule has 1 aliphatic rings. The van der Waals surface area contributed by atoms with E-state index < -0.39 is 34.4 Å². The van der Waals surface area contributed by atoms with Crippen LogP contribution in [0.1, 0.15) is 30.6 Å². The molecular weight excluding hydrogens is 452 g/mol. The first-order chi connectivity index (χ1) is 15.1. The second-order valence-electron chi connectivity index (χ2n) is 7.67. The van der Waals surface area contributed by atoms with Gasteiger partial charge in [-0.1, -0.05) is 35.9 Å². The van der Waals surface area contributed by atoms with E-state index in [1.165, 1.54) is 17.4 Å². The molecule has 1 fully saturated rings. The SMILES string of the molecule is CC(C)=CC(=O)Nc1scc(-c2ccccc2)c1C(=O)OCC(=O)NC1CCS(=O)(=O)C1. The molecule has 0 bridgehead atoms. The summed E-state index contributed by atoms with van der Waals surface area (Å²) in [6, 6.07) is 8.67. The molecule has 1 unspecified atom stereocenters. The first-order valence-electron chi connectivity index (χ1n) is 9.94. The fraction of sp³-hybridized carbons (Fsp3) is 0.318. The van der Waals surface area contributed by atoms with Gasteiger partial charge in [0.25, 0.3) is 5.91 Å². The number of thiophene rings is 1. The molecule has 2 aromatic rings. The Balaban J connectivity index is 1.75. The van der Waals surface area contributed by atoms with Crippen LogP contribution in [0.4, 0.5) is 5.00 Å². The Hall–Kier alpha value is -2.98. The summed E-state index contributed by atoms with van der Waals surface area (Å²) in [5.74, 6) is -1.79. The average molecular weight is 477 g/mol. The van der Waals surface area contributed by atoms with Crippen LogP contribution in [0.3, 0.4) is 0 Å². The van der Waals surface area contributed by atoms with Crippen LogP contribution in [0, 0.1) is 0 Å². The highest BCUT2D eigenvalue weighted by Crippen LogP contribution is 2.36. The third-order valence-electron chi connectivity index (χ3n) is 4.67. The molecule has 2 N–H and O–H groups in total. The number of nitrogens with one attached hydrogen (secondary N) is 2. The van der Waals surface area contributed by atoms with Crippen LogP contribution >= 0.6 is 11.3 Å². The lowest BCUT2D eigenvalue weighted by atomic mass is 10.0. The third kappa shape index (κ3) is 6.27. The van der Waals surface area contributed by atoms with Crippen molar-refractivity contribution in [1.29, 1.82) is 0 Å². The molecule has 1 aromatic carbocycles. The van der Waals surface area contributed by atoms with Gasteiger partial charge in [0.1, 0.15) is 10.6 Å². The van der Waals surface area contributed by atoms with Crippen LogP contribution in [0.25, 0.3) is 11.1 Å². The molecule has 8 nitrogen and oxygen atoms in total. The van der Waals surface area contributed by atoms with E-state index in [0.717, 1.165) is 11.1 Å². The number of carbonyl (C=O) groups is 3. The highest BCUT2D eigenvalue weighted by molar-refractivity contribution is 7.91. The lowest BCUT2D eigenvalue weighted by molar-refractivity contribution is -0.124. The summed E-state index contributed by atoms with van der Waals surface area (Å²) in [7, 11) is -3.14. The van der Waals surface area contributed by atoms with Gasteiger partial charge in [-0.15, -0.1) is 11.3 Å². The average Bonchev–Trinajstić information content (AvgIpc) is 3.28. The fourth-order valence-corrected chi connectivity index (χ4v) is 5.91. The number of allylic oxidation sites excluding steroid dienone is 1. The fourth-order valence-electron chi connectivity index (χ4n) is 3.27. The van der Waals surface area contributed by atoms with Gasteiger partial charge in [-0.3, -0.25) is 9.59 Å². The van der Waals surface area contributed by atoms with E-state index in [4.69, 9.17) is 4.74 Å². The zero-order valence-corrected chi connectivity index (χ0v) is 19.3. The number of hydrogen-bond donors (Lipinski definition) is 2. The lowest BCUT2D eigenvalue weighted by Crippen LogP contribution is -2.38. The second kappa shape index (κ2) is 10.1. The maximum absolute atomic E-state index is 12.9. The van der Waals surface area contributed by atoms with Crippen molar-refractivity contribution >= 4 is 44.0 Å². The van der Waals surface area contributed by atoms with Crippen molar-refractivity contribution in [1.82, 2.24) is 5.32 Å². The summed E-state index contributed by atoms with van der Waals surface area (Å²) in [4.78, 5) is 37.3. The number of amides is 2. The van der Waals surface area contributed by atoms with Gasteiger partial charge in [0.05, 0.1) is 11.5 Å². The van der Waals surface area contributed by atoms with E-state index in [2.05, 4.69) is 10.6 Å². The Morgan fingerprint density at radius 3 is 2.53 bits per heavy atom. The Kier molecular flexibility index (Phi) is 7.47. The minimum Gasteiger partial charge on any atom is -0.452 e. The Morgan fingerprint density at radius 1 is 1.19 bits per heavy atom. The first kappa shape index (κ1) is 23.7. The number of rotatable bonds is 7. The van der Waals surface area contributed by atoms with E-state index in [1.807, 2.05) is 30.3 Å². The van der Waals surface area contributed by atoms with Gasteiger partial charge < -0.3 is 15.4 Å². The number of benzene rings is 1. The van der Waals surface area contributed by atoms with Crippen molar-refractivity contribution < 1.29 is 27.5 Å². The van der Waals surface area contributed by atoms with Crippen LogP contribution in [0.15, 0.2) is 47.4 Å². The highest BCUT2D eigenvalue weighted by Gasteiger charge is 2.29. The zero-order chi connectivity index (χ0) is 23.3. The molecule has 0 radical (unpaired) electrons. The van der Waals surface area contributed by atoms with Gasteiger partial charge in [-0.05, 0) is 25.8 Å². The molecule has 32 heavy (non-hydrogen) atoms. The van der Waals surface area contributed by atoms with Crippen LogP contribution < -0.4 is 10.6 Å². The molecule has 1 saturated heterocycles. The normalized spacial score (nSPS) is 16.8. The van der Waals surface area contributed by atoms with E-state index >= 15 is 0 Å². The predicted octanol–water partition coefficient (Wildman–Crippen LogP) is 2.78. The molecule has 0 aliphatic carbocycles. The topological polar surface area (TPSA) is 119 Å². The van der Waals surface area contributed by atoms with E-state index in [9.17, 15) is 22.8 Å². The summed E-state index contributed by atoms with van der Waals surface area (Å²) in [6.45, 7) is 3.01. The van der Waals surface area contributed by atoms with Crippen LogP contribution in [-0.4, -0.2) is 50.4 Å². The van der Waals surface area contributed by atoms with E-state index in [1.54, 1.807) is 19.2 Å². The largest absolute Gasteiger partial charge is 0.452 e. The summed E-state index contributed by atoms with van der Waals surface area (Å²) >= 11 is 1.19.